The number of anilines is 3. The Bertz CT molecular complexity index is 734. The summed E-state index contributed by atoms with van der Waals surface area (Å²) >= 11 is 1.53. The molecule has 5 nitrogen and oxygen atoms in total. The molecule has 2 aromatic carbocycles. The van der Waals surface area contributed by atoms with E-state index in [2.05, 4.69) is 32.4 Å². The molecule has 0 fully saturated rings. The summed E-state index contributed by atoms with van der Waals surface area (Å²) in [7, 11) is 0. The Labute approximate surface area is 133 Å². The Morgan fingerprint density at radius 1 is 0.864 bits per heavy atom. The third-order valence-electron chi connectivity index (χ3n) is 2.87. The second-order valence-corrected chi connectivity index (χ2v) is 5.51. The molecule has 0 atom stereocenters. The molecule has 0 saturated carbocycles. The molecule has 0 bridgehead atoms. The Kier molecular flexibility index (Phi) is 4.50. The van der Waals surface area contributed by atoms with Gasteiger partial charge in [0.25, 0.3) is 0 Å². The van der Waals surface area contributed by atoms with Gasteiger partial charge in [0, 0.05) is 11.4 Å². The van der Waals surface area contributed by atoms with Crippen LogP contribution in [-0.2, 0) is 5.75 Å². The lowest BCUT2D eigenvalue weighted by molar-refractivity contribution is 0.924. The first-order valence-corrected chi connectivity index (χ1v) is 7.78. The van der Waals surface area contributed by atoms with Crippen molar-refractivity contribution in [1.29, 1.82) is 0 Å². The highest BCUT2D eigenvalue weighted by Crippen LogP contribution is 2.21. The van der Waals surface area contributed by atoms with Crippen molar-refractivity contribution >= 4 is 29.3 Å². The molecule has 3 rings (SSSR count). The number of aromatic nitrogens is 3. The highest BCUT2D eigenvalue weighted by Gasteiger charge is 2.06. The van der Waals surface area contributed by atoms with E-state index in [9.17, 15) is 0 Å². The standard InChI is InChI=1S/C16H15N5S/c17-14-19-15(18-13-9-5-2-6-10-13)21-16(20-14)22-11-12-7-3-1-4-8-12/h1-10H,11H2,(H3,17,18,19,20,21). The first-order valence-electron chi connectivity index (χ1n) is 6.80. The molecule has 110 valence electrons. The number of hydrogen-bond donors (Lipinski definition) is 2. The van der Waals surface area contributed by atoms with Gasteiger partial charge in [0.15, 0.2) is 5.16 Å². The SMILES string of the molecule is Nc1nc(Nc2ccccc2)nc(SCc2ccccc2)n1. The van der Waals surface area contributed by atoms with Gasteiger partial charge in [-0.25, -0.2) is 0 Å². The molecule has 1 aromatic heterocycles. The van der Waals surface area contributed by atoms with Gasteiger partial charge in [-0.3, -0.25) is 0 Å². The molecule has 1 heterocycles. The summed E-state index contributed by atoms with van der Waals surface area (Å²) in [5.74, 6) is 1.45. The maximum Gasteiger partial charge on any atom is 0.233 e. The van der Waals surface area contributed by atoms with E-state index in [1.54, 1.807) is 0 Å². The third-order valence-corrected chi connectivity index (χ3v) is 3.79. The van der Waals surface area contributed by atoms with Gasteiger partial charge in [0.2, 0.25) is 11.9 Å². The molecule has 0 saturated heterocycles. The third kappa shape index (κ3) is 3.95. The number of hydrogen-bond acceptors (Lipinski definition) is 6. The number of benzene rings is 2. The van der Waals surface area contributed by atoms with Gasteiger partial charge in [-0.15, -0.1) is 0 Å². The minimum absolute atomic E-state index is 0.212. The van der Waals surface area contributed by atoms with E-state index in [0.717, 1.165) is 11.4 Å². The largest absolute Gasteiger partial charge is 0.368 e. The maximum atomic E-state index is 5.77. The van der Waals surface area contributed by atoms with Gasteiger partial charge in [-0.2, -0.15) is 15.0 Å². The Morgan fingerprint density at radius 2 is 1.55 bits per heavy atom. The van der Waals surface area contributed by atoms with Gasteiger partial charge < -0.3 is 11.1 Å². The highest BCUT2D eigenvalue weighted by molar-refractivity contribution is 7.98. The molecular weight excluding hydrogens is 294 g/mol. The predicted molar refractivity (Wildman–Crippen MR) is 90.0 cm³/mol. The fraction of sp³-hybridized carbons (Fsp3) is 0.0625. The van der Waals surface area contributed by atoms with Gasteiger partial charge >= 0.3 is 0 Å². The van der Waals surface area contributed by atoms with E-state index in [4.69, 9.17) is 5.73 Å². The molecule has 22 heavy (non-hydrogen) atoms. The molecule has 0 amide bonds. The minimum atomic E-state index is 0.212. The zero-order valence-electron chi connectivity index (χ0n) is 11.8. The zero-order chi connectivity index (χ0) is 15.2. The van der Waals surface area contributed by atoms with Crippen LogP contribution in [0.4, 0.5) is 17.6 Å². The molecule has 0 radical (unpaired) electrons. The first-order chi connectivity index (χ1) is 10.8. The average molecular weight is 309 g/mol. The van der Waals surface area contributed by atoms with Crippen LogP contribution in [0, 0.1) is 0 Å². The zero-order valence-corrected chi connectivity index (χ0v) is 12.6. The summed E-state index contributed by atoms with van der Waals surface area (Å²) in [5, 5.41) is 3.73. The van der Waals surface area contributed by atoms with E-state index >= 15 is 0 Å². The van der Waals surface area contributed by atoms with Crippen LogP contribution >= 0.6 is 11.8 Å². The fourth-order valence-corrected chi connectivity index (χ4v) is 2.66. The molecule has 0 spiro atoms. The lowest BCUT2D eigenvalue weighted by Gasteiger charge is -2.07. The van der Waals surface area contributed by atoms with E-state index in [1.165, 1.54) is 17.3 Å². The monoisotopic (exact) mass is 309 g/mol. The van der Waals surface area contributed by atoms with Crippen LogP contribution in [0.1, 0.15) is 5.56 Å². The first kappa shape index (κ1) is 14.3. The Morgan fingerprint density at radius 3 is 2.27 bits per heavy atom. The molecule has 3 aromatic rings. The van der Waals surface area contributed by atoms with Crippen LogP contribution < -0.4 is 11.1 Å². The van der Waals surface area contributed by atoms with Crippen molar-refractivity contribution in [3.05, 3.63) is 66.2 Å². The Hall–Kier alpha value is -2.60. The van der Waals surface area contributed by atoms with Crippen LogP contribution in [0.25, 0.3) is 0 Å². The van der Waals surface area contributed by atoms with Crippen molar-refractivity contribution in [3.63, 3.8) is 0 Å². The van der Waals surface area contributed by atoms with Gasteiger partial charge in [0.1, 0.15) is 0 Å². The number of para-hydroxylation sites is 1. The van der Waals surface area contributed by atoms with Crippen LogP contribution in [0.15, 0.2) is 65.8 Å². The van der Waals surface area contributed by atoms with Crippen molar-refractivity contribution in [3.8, 4) is 0 Å². The quantitative estimate of drug-likeness (QED) is 0.703. The lowest BCUT2D eigenvalue weighted by atomic mass is 10.2. The minimum Gasteiger partial charge on any atom is -0.368 e. The van der Waals surface area contributed by atoms with E-state index in [-0.39, 0.29) is 5.95 Å². The molecule has 0 aliphatic rings. The number of nitrogens with zero attached hydrogens (tertiary/aromatic N) is 3. The molecule has 0 aliphatic heterocycles. The van der Waals surface area contributed by atoms with Gasteiger partial charge in [0.05, 0.1) is 0 Å². The summed E-state index contributed by atoms with van der Waals surface area (Å²) in [5.41, 5.74) is 7.89. The number of thioether (sulfide) groups is 1. The lowest BCUT2D eigenvalue weighted by Crippen LogP contribution is -2.04. The van der Waals surface area contributed by atoms with Crippen molar-refractivity contribution < 1.29 is 0 Å². The topological polar surface area (TPSA) is 76.7 Å². The predicted octanol–water partition coefficient (Wildman–Crippen LogP) is 3.49. The van der Waals surface area contributed by atoms with Crippen LogP contribution in [0.5, 0.6) is 0 Å². The molecule has 0 unspecified atom stereocenters. The van der Waals surface area contributed by atoms with Crippen LogP contribution in [0.3, 0.4) is 0 Å². The molecular formula is C16H15N5S. The second kappa shape index (κ2) is 6.91. The maximum absolute atomic E-state index is 5.77. The smallest absolute Gasteiger partial charge is 0.233 e. The molecule has 6 heteroatoms. The van der Waals surface area contributed by atoms with Gasteiger partial charge in [-0.05, 0) is 17.7 Å². The summed E-state index contributed by atoms with van der Waals surface area (Å²) in [6, 6.07) is 19.9. The van der Waals surface area contributed by atoms with Crippen molar-refractivity contribution in [2.45, 2.75) is 10.9 Å². The second-order valence-electron chi connectivity index (χ2n) is 4.57. The summed E-state index contributed by atoms with van der Waals surface area (Å²) in [6.07, 6.45) is 0. The average Bonchev–Trinajstić information content (AvgIpc) is 2.54. The fourth-order valence-electron chi connectivity index (χ4n) is 1.87. The van der Waals surface area contributed by atoms with E-state index in [0.29, 0.717) is 11.1 Å². The number of nitrogen functional groups attached to an aromatic ring is 1. The van der Waals surface area contributed by atoms with E-state index < -0.39 is 0 Å². The number of nitrogens with one attached hydrogen (secondary N) is 1. The molecule has 3 N–H and O–H groups in total. The Balaban J connectivity index is 1.72. The number of rotatable bonds is 5. The van der Waals surface area contributed by atoms with Crippen molar-refractivity contribution in [2.24, 2.45) is 0 Å². The van der Waals surface area contributed by atoms with E-state index in [1.807, 2.05) is 48.5 Å². The summed E-state index contributed by atoms with van der Waals surface area (Å²) in [4.78, 5) is 12.7. The van der Waals surface area contributed by atoms with Gasteiger partial charge in [-0.1, -0.05) is 60.3 Å². The number of nitrogens with two attached hydrogens (primary N) is 1. The van der Waals surface area contributed by atoms with Crippen molar-refractivity contribution in [2.75, 3.05) is 11.1 Å². The highest BCUT2D eigenvalue weighted by atomic mass is 32.2. The summed E-state index contributed by atoms with van der Waals surface area (Å²) in [6.45, 7) is 0. The normalized spacial score (nSPS) is 10.4. The van der Waals surface area contributed by atoms with Crippen LogP contribution in [-0.4, -0.2) is 15.0 Å². The summed E-state index contributed by atoms with van der Waals surface area (Å²) < 4.78 is 0. The van der Waals surface area contributed by atoms with Crippen molar-refractivity contribution in [1.82, 2.24) is 15.0 Å². The molecule has 0 aliphatic carbocycles. The van der Waals surface area contributed by atoms with Crippen LogP contribution in [0.2, 0.25) is 0 Å².